The Morgan fingerprint density at radius 3 is 2.88 bits per heavy atom. The number of rotatable bonds is 2. The molecule has 2 N–H and O–H groups in total. The van der Waals surface area contributed by atoms with Gasteiger partial charge in [0.1, 0.15) is 5.75 Å². The lowest BCUT2D eigenvalue weighted by molar-refractivity contribution is 0.101. The van der Waals surface area contributed by atoms with Crippen LogP contribution in [0.2, 0.25) is 0 Å². The highest BCUT2D eigenvalue weighted by Gasteiger charge is 2.09. The van der Waals surface area contributed by atoms with Crippen molar-refractivity contribution in [2.75, 3.05) is 0 Å². The van der Waals surface area contributed by atoms with Gasteiger partial charge in [-0.2, -0.15) is 5.10 Å². The number of hydrogen-bond acceptors (Lipinski definition) is 5. The molecule has 0 aliphatic carbocycles. The minimum Gasteiger partial charge on any atom is -0.508 e. The van der Waals surface area contributed by atoms with Crippen LogP contribution in [-0.4, -0.2) is 20.7 Å². The number of ketones is 1. The van der Waals surface area contributed by atoms with Crippen molar-refractivity contribution in [3.05, 3.63) is 34.1 Å². The molecule has 0 saturated carbocycles. The Balaban J connectivity index is 2.56. The van der Waals surface area contributed by atoms with Crippen molar-refractivity contribution in [3.63, 3.8) is 0 Å². The number of benzene rings is 1. The van der Waals surface area contributed by atoms with E-state index in [1.165, 1.54) is 23.7 Å². The molecule has 1 aromatic carbocycles. The van der Waals surface area contributed by atoms with Crippen LogP contribution in [0.3, 0.4) is 0 Å². The largest absolute Gasteiger partial charge is 0.508 e. The summed E-state index contributed by atoms with van der Waals surface area (Å²) in [6, 6.07) is 6.39. The molecular weight excluding hydrogens is 226 g/mol. The molecule has 1 aromatic heterocycles. The number of phenols is 1. The topological polar surface area (TPSA) is 79.0 Å². The highest BCUT2D eigenvalue weighted by molar-refractivity contribution is 7.10. The van der Waals surface area contributed by atoms with Gasteiger partial charge in [0.2, 0.25) is 4.80 Å². The molecular formula is C10H9N3O2S. The standard InChI is InChI=1S/C10H9N3O2S/c1-6(14)9-12-13(10(11)16-9)7-3-2-4-8(15)5-7/h2-5,11,15H,1H3. The summed E-state index contributed by atoms with van der Waals surface area (Å²) in [5, 5.41) is 21.3. The first-order chi connectivity index (χ1) is 7.58. The number of hydrogen-bond donors (Lipinski definition) is 2. The highest BCUT2D eigenvalue weighted by atomic mass is 32.1. The zero-order valence-electron chi connectivity index (χ0n) is 8.47. The number of aromatic hydroxyl groups is 1. The van der Waals surface area contributed by atoms with Gasteiger partial charge in [-0.25, -0.2) is 4.68 Å². The third kappa shape index (κ3) is 1.87. The second-order valence-corrected chi connectivity index (χ2v) is 4.18. The maximum absolute atomic E-state index is 11.1. The van der Waals surface area contributed by atoms with Gasteiger partial charge in [0.05, 0.1) is 5.69 Å². The highest BCUT2D eigenvalue weighted by Crippen LogP contribution is 2.14. The Morgan fingerprint density at radius 2 is 2.31 bits per heavy atom. The summed E-state index contributed by atoms with van der Waals surface area (Å²) in [6.07, 6.45) is 0. The van der Waals surface area contributed by atoms with Crippen LogP contribution in [-0.2, 0) is 0 Å². The molecule has 0 aliphatic heterocycles. The molecule has 6 heteroatoms. The maximum atomic E-state index is 11.1. The lowest BCUT2D eigenvalue weighted by Gasteiger charge is -2.00. The summed E-state index contributed by atoms with van der Waals surface area (Å²) < 4.78 is 1.32. The smallest absolute Gasteiger partial charge is 0.205 e. The number of nitrogens with zero attached hydrogens (tertiary/aromatic N) is 2. The second kappa shape index (κ2) is 3.90. The average Bonchev–Trinajstić information content (AvgIpc) is 2.60. The van der Waals surface area contributed by atoms with E-state index in [0.29, 0.717) is 5.69 Å². The molecule has 2 rings (SSSR count). The van der Waals surface area contributed by atoms with Crippen molar-refractivity contribution in [2.24, 2.45) is 0 Å². The van der Waals surface area contributed by atoms with Gasteiger partial charge in [-0.15, -0.1) is 0 Å². The fourth-order valence-electron chi connectivity index (χ4n) is 1.23. The Kier molecular flexibility index (Phi) is 2.57. The van der Waals surface area contributed by atoms with Crippen LogP contribution in [0, 0.1) is 5.41 Å². The number of aromatic nitrogens is 2. The van der Waals surface area contributed by atoms with E-state index in [9.17, 15) is 9.90 Å². The monoisotopic (exact) mass is 235 g/mol. The first kappa shape index (κ1) is 10.6. The zero-order valence-corrected chi connectivity index (χ0v) is 9.28. The van der Waals surface area contributed by atoms with Crippen molar-refractivity contribution in [1.29, 1.82) is 5.41 Å². The molecule has 0 fully saturated rings. The molecule has 0 radical (unpaired) electrons. The predicted octanol–water partition coefficient (Wildman–Crippen LogP) is 1.32. The summed E-state index contributed by atoms with van der Waals surface area (Å²) in [4.78, 5) is 11.3. The summed E-state index contributed by atoms with van der Waals surface area (Å²) in [7, 11) is 0. The van der Waals surface area contributed by atoms with E-state index in [1.807, 2.05) is 0 Å². The van der Waals surface area contributed by atoms with Gasteiger partial charge in [0, 0.05) is 13.0 Å². The fraction of sp³-hybridized carbons (Fsp3) is 0.100. The molecule has 1 heterocycles. The average molecular weight is 235 g/mol. The third-order valence-electron chi connectivity index (χ3n) is 1.95. The molecule has 82 valence electrons. The van der Waals surface area contributed by atoms with Crippen molar-refractivity contribution in [1.82, 2.24) is 9.78 Å². The van der Waals surface area contributed by atoms with E-state index in [0.717, 1.165) is 11.3 Å². The van der Waals surface area contributed by atoms with E-state index >= 15 is 0 Å². The minimum absolute atomic E-state index is 0.0989. The van der Waals surface area contributed by atoms with Gasteiger partial charge in [0.15, 0.2) is 10.8 Å². The molecule has 0 bridgehead atoms. The van der Waals surface area contributed by atoms with Crippen LogP contribution in [0.15, 0.2) is 24.3 Å². The van der Waals surface area contributed by atoms with Crippen molar-refractivity contribution in [2.45, 2.75) is 6.92 Å². The normalized spacial score (nSPS) is 10.3. The number of phenolic OH excluding ortho intramolecular Hbond substituents is 1. The maximum Gasteiger partial charge on any atom is 0.205 e. The third-order valence-corrected chi connectivity index (χ3v) is 2.88. The zero-order chi connectivity index (χ0) is 11.7. The van der Waals surface area contributed by atoms with Gasteiger partial charge >= 0.3 is 0 Å². The Hall–Kier alpha value is -1.95. The second-order valence-electron chi connectivity index (χ2n) is 3.20. The van der Waals surface area contributed by atoms with E-state index in [1.54, 1.807) is 12.1 Å². The fourth-order valence-corrected chi connectivity index (χ4v) is 1.92. The lowest BCUT2D eigenvalue weighted by Crippen LogP contribution is -2.12. The van der Waals surface area contributed by atoms with Gasteiger partial charge in [-0.3, -0.25) is 10.2 Å². The molecule has 16 heavy (non-hydrogen) atoms. The van der Waals surface area contributed by atoms with Gasteiger partial charge < -0.3 is 5.11 Å². The van der Waals surface area contributed by atoms with Crippen molar-refractivity contribution in [3.8, 4) is 11.4 Å². The summed E-state index contributed by atoms with van der Waals surface area (Å²) in [6.45, 7) is 1.41. The number of carbonyl (C=O) groups is 1. The number of nitrogens with one attached hydrogen (secondary N) is 1. The van der Waals surface area contributed by atoms with Gasteiger partial charge in [-0.1, -0.05) is 17.4 Å². The first-order valence-electron chi connectivity index (χ1n) is 4.53. The van der Waals surface area contributed by atoms with E-state index in [4.69, 9.17) is 5.41 Å². The number of Topliss-reactive ketones (excluding diaryl/α,β-unsaturated/α-hetero) is 1. The van der Waals surface area contributed by atoms with Gasteiger partial charge in [-0.05, 0) is 12.1 Å². The molecule has 0 atom stereocenters. The van der Waals surface area contributed by atoms with Crippen LogP contribution < -0.4 is 4.80 Å². The molecule has 2 aromatic rings. The molecule has 0 unspecified atom stereocenters. The number of carbonyl (C=O) groups excluding carboxylic acids is 1. The summed E-state index contributed by atoms with van der Waals surface area (Å²) >= 11 is 1.01. The predicted molar refractivity (Wildman–Crippen MR) is 59.0 cm³/mol. The molecule has 0 spiro atoms. The van der Waals surface area contributed by atoms with E-state index in [2.05, 4.69) is 5.10 Å². The van der Waals surface area contributed by atoms with Crippen LogP contribution in [0.1, 0.15) is 16.7 Å². The Morgan fingerprint density at radius 1 is 1.56 bits per heavy atom. The van der Waals surface area contributed by atoms with Crippen LogP contribution in [0.25, 0.3) is 5.69 Å². The van der Waals surface area contributed by atoms with Crippen molar-refractivity contribution < 1.29 is 9.90 Å². The summed E-state index contributed by atoms with van der Waals surface area (Å²) in [5.74, 6) is -0.0702. The first-order valence-corrected chi connectivity index (χ1v) is 5.34. The van der Waals surface area contributed by atoms with Gasteiger partial charge in [0.25, 0.3) is 0 Å². The molecule has 0 saturated heterocycles. The molecule has 5 nitrogen and oxygen atoms in total. The molecule has 0 aliphatic rings. The SMILES string of the molecule is CC(=O)c1nn(-c2cccc(O)c2)c(=N)s1. The van der Waals surface area contributed by atoms with Crippen LogP contribution in [0.5, 0.6) is 5.75 Å². The summed E-state index contributed by atoms with van der Waals surface area (Å²) in [5.41, 5.74) is 0.564. The Bertz CT molecular complexity index is 600. The van der Waals surface area contributed by atoms with Crippen LogP contribution in [0.4, 0.5) is 0 Å². The minimum atomic E-state index is -0.169. The van der Waals surface area contributed by atoms with E-state index < -0.39 is 0 Å². The quantitative estimate of drug-likeness (QED) is 0.770. The lowest BCUT2D eigenvalue weighted by atomic mass is 10.3. The van der Waals surface area contributed by atoms with Crippen LogP contribution >= 0.6 is 11.3 Å². The van der Waals surface area contributed by atoms with E-state index in [-0.39, 0.29) is 21.3 Å². The molecule has 0 amide bonds. The Labute approximate surface area is 95.1 Å². The van der Waals surface area contributed by atoms with Crippen molar-refractivity contribution >= 4 is 17.1 Å².